The van der Waals surface area contributed by atoms with Gasteiger partial charge in [-0.1, -0.05) is 42.5 Å². The van der Waals surface area contributed by atoms with Crippen LogP contribution in [0.15, 0.2) is 54.6 Å². The number of hydrogen-bond acceptors (Lipinski definition) is 5. The van der Waals surface area contributed by atoms with Crippen molar-refractivity contribution in [2.75, 3.05) is 20.3 Å². The van der Waals surface area contributed by atoms with E-state index in [0.717, 1.165) is 21.8 Å². The summed E-state index contributed by atoms with van der Waals surface area (Å²) in [6, 6.07) is 14.5. The largest absolute Gasteiger partial charge is 0.497 e. The molecule has 0 unspecified atom stereocenters. The average molecular weight is 411 g/mol. The van der Waals surface area contributed by atoms with E-state index in [0.29, 0.717) is 6.42 Å². The number of imide groups is 1. The van der Waals surface area contributed by atoms with Gasteiger partial charge in [-0.15, -0.1) is 0 Å². The SMILES string of the molecule is COc1ccc(CCN2C(=O)N[C@@H](CC(=O)N[C@H](CO)c3ccccc3)C2=O)cc1. The molecular formula is C22H25N3O5. The molecule has 8 heteroatoms. The number of nitrogens with zero attached hydrogens (tertiary/aromatic N) is 1. The van der Waals surface area contributed by atoms with Crippen LogP contribution in [0.4, 0.5) is 4.79 Å². The van der Waals surface area contributed by atoms with Crippen molar-refractivity contribution in [3.05, 3.63) is 65.7 Å². The van der Waals surface area contributed by atoms with Crippen molar-refractivity contribution >= 4 is 17.8 Å². The Balaban J connectivity index is 1.54. The van der Waals surface area contributed by atoms with Gasteiger partial charge in [0, 0.05) is 6.54 Å². The normalized spacial score (nSPS) is 16.9. The summed E-state index contributed by atoms with van der Waals surface area (Å²) in [5.74, 6) is -0.117. The van der Waals surface area contributed by atoms with Crippen molar-refractivity contribution in [1.29, 1.82) is 0 Å². The highest BCUT2D eigenvalue weighted by molar-refractivity contribution is 6.05. The molecule has 1 fully saturated rings. The number of urea groups is 1. The van der Waals surface area contributed by atoms with Gasteiger partial charge in [0.2, 0.25) is 5.91 Å². The topological polar surface area (TPSA) is 108 Å². The molecule has 0 aliphatic carbocycles. The maximum absolute atomic E-state index is 12.6. The second-order valence-electron chi connectivity index (χ2n) is 7.01. The van der Waals surface area contributed by atoms with Crippen LogP contribution >= 0.6 is 0 Å². The molecule has 0 radical (unpaired) electrons. The molecule has 4 amide bonds. The lowest BCUT2D eigenvalue weighted by atomic mass is 10.1. The number of aliphatic hydroxyl groups excluding tert-OH is 1. The molecule has 2 aromatic carbocycles. The fourth-order valence-electron chi connectivity index (χ4n) is 3.32. The lowest BCUT2D eigenvalue weighted by Gasteiger charge is -2.18. The molecular weight excluding hydrogens is 386 g/mol. The molecule has 1 aliphatic heterocycles. The van der Waals surface area contributed by atoms with E-state index in [1.165, 1.54) is 0 Å². The molecule has 1 heterocycles. The Morgan fingerprint density at radius 2 is 1.87 bits per heavy atom. The Hall–Kier alpha value is -3.39. The molecule has 3 N–H and O–H groups in total. The Bertz CT molecular complexity index is 885. The number of carbonyl (C=O) groups is 3. The van der Waals surface area contributed by atoms with E-state index in [1.54, 1.807) is 19.2 Å². The van der Waals surface area contributed by atoms with E-state index in [1.807, 2.05) is 42.5 Å². The molecule has 2 aromatic rings. The van der Waals surface area contributed by atoms with E-state index in [9.17, 15) is 19.5 Å². The Morgan fingerprint density at radius 3 is 2.50 bits per heavy atom. The maximum Gasteiger partial charge on any atom is 0.324 e. The van der Waals surface area contributed by atoms with Gasteiger partial charge in [0.1, 0.15) is 11.8 Å². The van der Waals surface area contributed by atoms with Gasteiger partial charge in [-0.25, -0.2) is 4.79 Å². The van der Waals surface area contributed by atoms with Crippen molar-refractivity contribution in [1.82, 2.24) is 15.5 Å². The predicted octanol–water partition coefficient (Wildman–Crippen LogP) is 1.40. The Labute approximate surface area is 174 Å². The van der Waals surface area contributed by atoms with E-state index in [-0.39, 0.29) is 19.6 Å². The van der Waals surface area contributed by atoms with Gasteiger partial charge in [0.25, 0.3) is 5.91 Å². The average Bonchev–Trinajstić information content (AvgIpc) is 3.03. The molecule has 158 valence electrons. The second-order valence-corrected chi connectivity index (χ2v) is 7.01. The summed E-state index contributed by atoms with van der Waals surface area (Å²) in [7, 11) is 1.58. The minimum atomic E-state index is -0.913. The number of aliphatic hydroxyl groups is 1. The van der Waals surface area contributed by atoms with Crippen LogP contribution in [0, 0.1) is 0 Å². The van der Waals surface area contributed by atoms with Gasteiger partial charge in [-0.2, -0.15) is 0 Å². The molecule has 3 rings (SSSR count). The summed E-state index contributed by atoms with van der Waals surface area (Å²) in [5.41, 5.74) is 1.72. The van der Waals surface area contributed by atoms with Crippen LogP contribution < -0.4 is 15.4 Å². The van der Waals surface area contributed by atoms with Gasteiger partial charge in [-0.05, 0) is 29.7 Å². The quantitative estimate of drug-likeness (QED) is 0.541. The number of rotatable bonds is 9. The van der Waals surface area contributed by atoms with Crippen LogP contribution in [0.25, 0.3) is 0 Å². The summed E-state index contributed by atoms with van der Waals surface area (Å²) >= 11 is 0. The number of hydrogen-bond donors (Lipinski definition) is 3. The summed E-state index contributed by atoms with van der Waals surface area (Å²) in [6.45, 7) is -0.0485. The zero-order chi connectivity index (χ0) is 21.5. The third-order valence-corrected chi connectivity index (χ3v) is 5.00. The highest BCUT2D eigenvalue weighted by Crippen LogP contribution is 2.16. The molecule has 8 nitrogen and oxygen atoms in total. The zero-order valence-corrected chi connectivity index (χ0v) is 16.7. The van der Waals surface area contributed by atoms with Gasteiger partial charge in [0.05, 0.1) is 26.2 Å². The summed E-state index contributed by atoms with van der Waals surface area (Å²) in [6.07, 6.45) is 0.315. The van der Waals surface area contributed by atoms with Crippen LogP contribution in [0.3, 0.4) is 0 Å². The number of methoxy groups -OCH3 is 1. The Morgan fingerprint density at radius 1 is 1.17 bits per heavy atom. The molecule has 1 saturated heterocycles. The number of nitrogens with one attached hydrogen (secondary N) is 2. The molecule has 0 saturated carbocycles. The zero-order valence-electron chi connectivity index (χ0n) is 16.7. The van der Waals surface area contributed by atoms with E-state index in [4.69, 9.17) is 4.74 Å². The van der Waals surface area contributed by atoms with Crippen molar-refractivity contribution in [3.8, 4) is 5.75 Å². The Kier molecular flexibility index (Phi) is 7.03. The smallest absolute Gasteiger partial charge is 0.324 e. The predicted molar refractivity (Wildman–Crippen MR) is 110 cm³/mol. The fraction of sp³-hybridized carbons (Fsp3) is 0.318. The van der Waals surface area contributed by atoms with Crippen LogP contribution in [0.5, 0.6) is 5.75 Å². The minimum absolute atomic E-state index is 0.188. The molecule has 0 bridgehead atoms. The number of carbonyl (C=O) groups excluding carboxylic acids is 3. The second kappa shape index (κ2) is 9.89. The van der Waals surface area contributed by atoms with Crippen LogP contribution in [0.1, 0.15) is 23.6 Å². The van der Waals surface area contributed by atoms with Gasteiger partial charge in [0.15, 0.2) is 0 Å². The summed E-state index contributed by atoms with van der Waals surface area (Å²) in [5, 5.41) is 14.8. The number of ether oxygens (including phenoxy) is 1. The third kappa shape index (κ3) is 5.15. The van der Waals surface area contributed by atoms with Gasteiger partial charge in [-0.3, -0.25) is 14.5 Å². The molecule has 0 spiro atoms. The van der Waals surface area contributed by atoms with Crippen LogP contribution in [0.2, 0.25) is 0 Å². The molecule has 0 aromatic heterocycles. The maximum atomic E-state index is 12.6. The lowest BCUT2D eigenvalue weighted by Crippen LogP contribution is -2.38. The van der Waals surface area contributed by atoms with Crippen molar-refractivity contribution < 1.29 is 24.2 Å². The molecule has 30 heavy (non-hydrogen) atoms. The number of amides is 4. The highest BCUT2D eigenvalue weighted by atomic mass is 16.5. The molecule has 2 atom stereocenters. The first-order chi connectivity index (χ1) is 14.5. The van der Waals surface area contributed by atoms with Crippen LogP contribution in [-0.4, -0.2) is 54.2 Å². The monoisotopic (exact) mass is 411 g/mol. The van der Waals surface area contributed by atoms with E-state index in [2.05, 4.69) is 10.6 Å². The lowest BCUT2D eigenvalue weighted by molar-refractivity contribution is -0.131. The van der Waals surface area contributed by atoms with Gasteiger partial charge >= 0.3 is 6.03 Å². The van der Waals surface area contributed by atoms with E-state index >= 15 is 0 Å². The first kappa shape index (κ1) is 21.3. The first-order valence-electron chi connectivity index (χ1n) is 9.71. The molecule has 1 aliphatic rings. The van der Waals surface area contributed by atoms with Crippen molar-refractivity contribution in [2.24, 2.45) is 0 Å². The van der Waals surface area contributed by atoms with Gasteiger partial charge < -0.3 is 20.5 Å². The first-order valence-corrected chi connectivity index (χ1v) is 9.71. The summed E-state index contributed by atoms with van der Waals surface area (Å²) < 4.78 is 5.11. The fourth-order valence-corrected chi connectivity index (χ4v) is 3.32. The number of benzene rings is 2. The highest BCUT2D eigenvalue weighted by Gasteiger charge is 2.38. The minimum Gasteiger partial charge on any atom is -0.497 e. The van der Waals surface area contributed by atoms with E-state index < -0.39 is 29.9 Å². The standard InChI is InChI=1S/C22H25N3O5/c1-30-17-9-7-15(8-10-17)11-12-25-21(28)18(24-22(25)29)13-20(27)23-19(14-26)16-5-3-2-4-6-16/h2-10,18-19,26H,11-14H2,1H3,(H,23,27)(H,24,29)/t18-,19+/m0/s1. The van der Waals surface area contributed by atoms with Crippen molar-refractivity contribution in [3.63, 3.8) is 0 Å². The van der Waals surface area contributed by atoms with Crippen LogP contribution in [-0.2, 0) is 16.0 Å². The summed E-state index contributed by atoms with van der Waals surface area (Å²) in [4.78, 5) is 38.3. The van der Waals surface area contributed by atoms with Crippen molar-refractivity contribution in [2.45, 2.75) is 24.9 Å². The third-order valence-electron chi connectivity index (χ3n) is 5.00.